The number of ether oxygens (including phenoxy) is 1. The van der Waals surface area contributed by atoms with E-state index < -0.39 is 0 Å². The third-order valence-electron chi connectivity index (χ3n) is 4.24. The SMILES string of the molecule is CCNC(C1CCCO1)C1CCc2cccnc21. The van der Waals surface area contributed by atoms with Gasteiger partial charge in [0, 0.05) is 30.5 Å². The molecule has 18 heavy (non-hydrogen) atoms. The number of hydrogen-bond donors (Lipinski definition) is 1. The second-order valence-corrected chi connectivity index (χ2v) is 5.33. The van der Waals surface area contributed by atoms with Crippen molar-refractivity contribution in [2.24, 2.45) is 0 Å². The topological polar surface area (TPSA) is 34.1 Å². The molecule has 0 bridgehead atoms. The van der Waals surface area contributed by atoms with Crippen molar-refractivity contribution >= 4 is 0 Å². The Bertz CT molecular complexity index is 401. The molecule has 2 aliphatic rings. The largest absolute Gasteiger partial charge is 0.377 e. The summed E-state index contributed by atoms with van der Waals surface area (Å²) in [5.41, 5.74) is 2.74. The standard InChI is InChI=1S/C15H22N2O/c1-2-16-15(13-6-4-10-18-13)12-8-7-11-5-3-9-17-14(11)12/h3,5,9,12-13,15-16H,2,4,6-8,10H2,1H3. The van der Waals surface area contributed by atoms with Gasteiger partial charge in [0.25, 0.3) is 0 Å². The van der Waals surface area contributed by atoms with Crippen LogP contribution in [0.3, 0.4) is 0 Å². The van der Waals surface area contributed by atoms with Crippen LogP contribution in [0.4, 0.5) is 0 Å². The maximum absolute atomic E-state index is 5.90. The fourth-order valence-corrected chi connectivity index (χ4v) is 3.45. The van der Waals surface area contributed by atoms with Gasteiger partial charge < -0.3 is 10.1 Å². The van der Waals surface area contributed by atoms with Crippen LogP contribution < -0.4 is 5.32 Å². The van der Waals surface area contributed by atoms with Crippen molar-refractivity contribution < 1.29 is 4.74 Å². The highest BCUT2D eigenvalue weighted by Gasteiger charge is 2.36. The second kappa shape index (κ2) is 5.37. The average molecular weight is 246 g/mol. The molecule has 0 radical (unpaired) electrons. The number of nitrogens with zero attached hydrogens (tertiary/aromatic N) is 1. The molecule has 0 saturated carbocycles. The third-order valence-corrected chi connectivity index (χ3v) is 4.24. The highest BCUT2D eigenvalue weighted by atomic mass is 16.5. The van der Waals surface area contributed by atoms with Crippen molar-refractivity contribution in [2.45, 2.75) is 50.7 Å². The Balaban J connectivity index is 1.83. The monoisotopic (exact) mass is 246 g/mol. The number of fused-ring (bicyclic) bond motifs is 1. The van der Waals surface area contributed by atoms with Crippen molar-refractivity contribution in [3.8, 4) is 0 Å². The lowest BCUT2D eigenvalue weighted by molar-refractivity contribution is 0.0693. The van der Waals surface area contributed by atoms with E-state index in [-0.39, 0.29) is 0 Å². The van der Waals surface area contributed by atoms with Gasteiger partial charge in [0.2, 0.25) is 0 Å². The summed E-state index contributed by atoms with van der Waals surface area (Å²) in [6, 6.07) is 4.71. The van der Waals surface area contributed by atoms with Gasteiger partial charge >= 0.3 is 0 Å². The number of pyridine rings is 1. The average Bonchev–Trinajstić information content (AvgIpc) is 3.06. The molecule has 3 rings (SSSR count). The number of likely N-dealkylation sites (N-methyl/N-ethyl adjacent to an activating group) is 1. The quantitative estimate of drug-likeness (QED) is 0.885. The maximum Gasteiger partial charge on any atom is 0.0735 e. The maximum atomic E-state index is 5.90. The first kappa shape index (κ1) is 12.1. The van der Waals surface area contributed by atoms with Gasteiger partial charge in [-0.25, -0.2) is 0 Å². The van der Waals surface area contributed by atoms with Crippen LogP contribution in [0.5, 0.6) is 0 Å². The molecular weight excluding hydrogens is 224 g/mol. The van der Waals surface area contributed by atoms with Gasteiger partial charge in [-0.2, -0.15) is 0 Å². The molecular formula is C15H22N2O. The minimum atomic E-state index is 0.378. The van der Waals surface area contributed by atoms with Crippen molar-refractivity contribution in [3.63, 3.8) is 0 Å². The molecule has 3 atom stereocenters. The lowest BCUT2D eigenvalue weighted by atomic mass is 9.91. The Morgan fingerprint density at radius 1 is 1.50 bits per heavy atom. The summed E-state index contributed by atoms with van der Waals surface area (Å²) in [5, 5.41) is 3.64. The van der Waals surface area contributed by atoms with E-state index in [1.54, 1.807) is 0 Å². The predicted molar refractivity (Wildman–Crippen MR) is 71.7 cm³/mol. The molecule has 1 saturated heterocycles. The molecule has 1 aromatic rings. The summed E-state index contributed by atoms with van der Waals surface area (Å²) in [7, 11) is 0. The van der Waals surface area contributed by atoms with E-state index in [0.717, 1.165) is 13.2 Å². The zero-order chi connectivity index (χ0) is 12.4. The van der Waals surface area contributed by atoms with Crippen LogP contribution in [0.1, 0.15) is 43.4 Å². The molecule has 0 spiro atoms. The summed E-state index contributed by atoms with van der Waals surface area (Å²) < 4.78 is 5.90. The molecule has 1 aliphatic carbocycles. The lowest BCUT2D eigenvalue weighted by Gasteiger charge is -2.29. The van der Waals surface area contributed by atoms with Crippen molar-refractivity contribution in [1.29, 1.82) is 0 Å². The van der Waals surface area contributed by atoms with Crippen LogP contribution in [-0.2, 0) is 11.2 Å². The molecule has 0 amide bonds. The van der Waals surface area contributed by atoms with Crippen LogP contribution in [0.25, 0.3) is 0 Å². The zero-order valence-electron chi connectivity index (χ0n) is 11.1. The molecule has 3 heteroatoms. The van der Waals surface area contributed by atoms with E-state index >= 15 is 0 Å². The Kier molecular flexibility index (Phi) is 3.62. The van der Waals surface area contributed by atoms with Gasteiger partial charge in [-0.3, -0.25) is 4.98 Å². The number of aryl methyl sites for hydroxylation is 1. The summed E-state index contributed by atoms with van der Waals surface area (Å²) in [6.07, 6.45) is 7.08. The first-order valence-electron chi connectivity index (χ1n) is 7.19. The van der Waals surface area contributed by atoms with Crippen molar-refractivity contribution in [1.82, 2.24) is 10.3 Å². The van der Waals surface area contributed by atoms with Crippen LogP contribution >= 0.6 is 0 Å². The lowest BCUT2D eigenvalue weighted by Crippen LogP contribution is -2.43. The molecule has 1 N–H and O–H groups in total. The van der Waals surface area contributed by atoms with Crippen LogP contribution in [0.15, 0.2) is 18.3 Å². The fourth-order valence-electron chi connectivity index (χ4n) is 3.45. The molecule has 2 heterocycles. The summed E-state index contributed by atoms with van der Waals surface area (Å²) in [5.74, 6) is 0.532. The molecule has 0 aromatic carbocycles. The third kappa shape index (κ3) is 2.17. The summed E-state index contributed by atoms with van der Waals surface area (Å²) in [6.45, 7) is 4.10. The number of aromatic nitrogens is 1. The normalized spacial score (nSPS) is 28.3. The Morgan fingerprint density at radius 3 is 3.22 bits per heavy atom. The van der Waals surface area contributed by atoms with Crippen LogP contribution in [0.2, 0.25) is 0 Å². The highest BCUT2D eigenvalue weighted by Crippen LogP contribution is 2.37. The number of rotatable bonds is 4. The van der Waals surface area contributed by atoms with Crippen LogP contribution in [0, 0.1) is 0 Å². The molecule has 1 aromatic heterocycles. The smallest absolute Gasteiger partial charge is 0.0735 e. The number of hydrogen-bond acceptors (Lipinski definition) is 3. The van der Waals surface area contributed by atoms with E-state index in [1.165, 1.54) is 36.9 Å². The highest BCUT2D eigenvalue weighted by molar-refractivity contribution is 5.30. The van der Waals surface area contributed by atoms with E-state index in [9.17, 15) is 0 Å². The minimum Gasteiger partial charge on any atom is -0.377 e. The Hall–Kier alpha value is -0.930. The molecule has 1 fully saturated rings. The van der Waals surface area contributed by atoms with Crippen molar-refractivity contribution in [2.75, 3.05) is 13.2 Å². The Labute approximate surface area is 109 Å². The fraction of sp³-hybridized carbons (Fsp3) is 0.667. The molecule has 98 valence electrons. The first-order chi connectivity index (χ1) is 8.90. The van der Waals surface area contributed by atoms with Crippen molar-refractivity contribution in [3.05, 3.63) is 29.6 Å². The molecule has 3 unspecified atom stereocenters. The Morgan fingerprint density at radius 2 is 2.44 bits per heavy atom. The van der Waals surface area contributed by atoms with Gasteiger partial charge in [-0.15, -0.1) is 0 Å². The zero-order valence-corrected chi connectivity index (χ0v) is 11.1. The second-order valence-electron chi connectivity index (χ2n) is 5.33. The first-order valence-corrected chi connectivity index (χ1v) is 7.19. The van der Waals surface area contributed by atoms with E-state index in [1.807, 2.05) is 6.20 Å². The van der Waals surface area contributed by atoms with Gasteiger partial charge in [0.1, 0.15) is 0 Å². The summed E-state index contributed by atoms with van der Waals surface area (Å²) in [4.78, 5) is 4.62. The predicted octanol–water partition coefficient (Wildman–Crippen LogP) is 2.27. The summed E-state index contributed by atoms with van der Waals surface area (Å²) >= 11 is 0. The molecule has 1 aliphatic heterocycles. The van der Waals surface area contributed by atoms with E-state index in [2.05, 4.69) is 29.4 Å². The minimum absolute atomic E-state index is 0.378. The van der Waals surface area contributed by atoms with Crippen LogP contribution in [-0.4, -0.2) is 30.3 Å². The van der Waals surface area contributed by atoms with Gasteiger partial charge in [0.15, 0.2) is 0 Å². The number of nitrogens with one attached hydrogen (secondary N) is 1. The van der Waals surface area contributed by atoms with E-state index in [4.69, 9.17) is 4.74 Å². The van der Waals surface area contributed by atoms with Gasteiger partial charge in [-0.05, 0) is 43.9 Å². The molecule has 3 nitrogen and oxygen atoms in total. The van der Waals surface area contributed by atoms with Gasteiger partial charge in [-0.1, -0.05) is 13.0 Å². The van der Waals surface area contributed by atoms with Gasteiger partial charge in [0.05, 0.1) is 6.10 Å². The van der Waals surface area contributed by atoms with E-state index in [0.29, 0.717) is 18.1 Å².